The van der Waals surface area contributed by atoms with E-state index in [9.17, 15) is 18.0 Å². The topological polar surface area (TPSA) is 69.0 Å². The van der Waals surface area contributed by atoms with E-state index in [0.717, 1.165) is 17.1 Å². The highest BCUT2D eigenvalue weighted by molar-refractivity contribution is 5.75. The maximum absolute atomic E-state index is 13.1. The molecule has 0 bridgehead atoms. The Morgan fingerprint density at radius 3 is 2.76 bits per heavy atom. The van der Waals surface area contributed by atoms with E-state index in [2.05, 4.69) is 20.1 Å². The summed E-state index contributed by atoms with van der Waals surface area (Å²) in [6.07, 6.45) is -2.25. The largest absolute Gasteiger partial charge is 0.468 e. The lowest BCUT2D eigenvalue weighted by Gasteiger charge is -2.14. The highest BCUT2D eigenvalue weighted by Gasteiger charge is 2.34. The lowest BCUT2D eigenvalue weighted by atomic mass is 10.1. The van der Waals surface area contributed by atoms with E-state index in [0.29, 0.717) is 0 Å². The first-order valence-corrected chi connectivity index (χ1v) is 5.78. The highest BCUT2D eigenvalue weighted by Crippen LogP contribution is 2.35. The molecule has 1 aromatic carbocycles. The van der Waals surface area contributed by atoms with E-state index in [1.54, 1.807) is 0 Å². The van der Waals surface area contributed by atoms with Crippen LogP contribution in [-0.4, -0.2) is 34.4 Å². The molecule has 1 aromatic heterocycles. The molecule has 0 saturated heterocycles. The van der Waals surface area contributed by atoms with Crippen molar-refractivity contribution >= 4 is 11.7 Å². The molecule has 0 aliphatic rings. The standard InChI is InChI=1S/C12H11F3N4O2/c1-21-11(20)5-17-8-2-3-10(19-7-16-6-18-19)9(4-8)12(13,14)15/h2-4,6-7,17H,5H2,1H3. The van der Waals surface area contributed by atoms with Crippen LogP contribution in [0.1, 0.15) is 5.56 Å². The van der Waals surface area contributed by atoms with Gasteiger partial charge in [0.15, 0.2) is 0 Å². The van der Waals surface area contributed by atoms with Crippen molar-refractivity contribution in [3.05, 3.63) is 36.4 Å². The van der Waals surface area contributed by atoms with Gasteiger partial charge in [-0.3, -0.25) is 4.79 Å². The molecule has 21 heavy (non-hydrogen) atoms. The molecule has 0 aliphatic carbocycles. The fourth-order valence-corrected chi connectivity index (χ4v) is 1.65. The van der Waals surface area contributed by atoms with Crippen molar-refractivity contribution in [3.8, 4) is 5.69 Å². The number of alkyl halides is 3. The third kappa shape index (κ3) is 3.50. The number of nitrogens with one attached hydrogen (secondary N) is 1. The lowest BCUT2D eigenvalue weighted by Crippen LogP contribution is -2.16. The summed E-state index contributed by atoms with van der Waals surface area (Å²) >= 11 is 0. The quantitative estimate of drug-likeness (QED) is 0.873. The van der Waals surface area contributed by atoms with Crippen LogP contribution in [0.4, 0.5) is 18.9 Å². The van der Waals surface area contributed by atoms with Crippen molar-refractivity contribution in [1.29, 1.82) is 0 Å². The maximum Gasteiger partial charge on any atom is 0.418 e. The first-order valence-electron chi connectivity index (χ1n) is 5.78. The fraction of sp³-hybridized carbons (Fsp3) is 0.250. The van der Waals surface area contributed by atoms with E-state index in [1.807, 2.05) is 0 Å². The van der Waals surface area contributed by atoms with E-state index >= 15 is 0 Å². The summed E-state index contributed by atoms with van der Waals surface area (Å²) < 4.78 is 44.7. The van der Waals surface area contributed by atoms with Gasteiger partial charge in [0, 0.05) is 5.69 Å². The molecule has 0 unspecified atom stereocenters. The minimum Gasteiger partial charge on any atom is -0.468 e. The summed E-state index contributed by atoms with van der Waals surface area (Å²) in [5, 5.41) is 6.25. The predicted molar refractivity (Wildman–Crippen MR) is 66.9 cm³/mol. The number of carbonyl (C=O) groups excluding carboxylic acids is 1. The predicted octanol–water partition coefficient (Wildman–Crippen LogP) is 1.87. The van der Waals surface area contributed by atoms with Gasteiger partial charge in [-0.1, -0.05) is 0 Å². The Labute approximate surface area is 117 Å². The average Bonchev–Trinajstić information content (AvgIpc) is 2.97. The summed E-state index contributed by atoms with van der Waals surface area (Å²) in [4.78, 5) is 14.6. The molecule has 112 valence electrons. The number of hydrogen-bond donors (Lipinski definition) is 1. The van der Waals surface area contributed by atoms with E-state index in [1.165, 1.54) is 25.6 Å². The maximum atomic E-state index is 13.1. The summed E-state index contributed by atoms with van der Waals surface area (Å²) in [5.74, 6) is -0.580. The Morgan fingerprint density at radius 1 is 1.43 bits per heavy atom. The second-order valence-electron chi connectivity index (χ2n) is 4.00. The Hall–Kier alpha value is -2.58. The minimum absolute atomic E-state index is 0.149. The van der Waals surface area contributed by atoms with Gasteiger partial charge in [-0.2, -0.15) is 18.3 Å². The zero-order valence-electron chi connectivity index (χ0n) is 10.9. The van der Waals surface area contributed by atoms with Crippen LogP contribution >= 0.6 is 0 Å². The second-order valence-corrected chi connectivity index (χ2v) is 4.00. The van der Waals surface area contributed by atoms with Crippen molar-refractivity contribution < 1.29 is 22.7 Å². The number of rotatable bonds is 4. The van der Waals surface area contributed by atoms with Gasteiger partial charge in [0.05, 0.1) is 18.4 Å². The number of nitrogens with zero attached hydrogens (tertiary/aromatic N) is 3. The number of benzene rings is 1. The second kappa shape index (κ2) is 5.81. The lowest BCUT2D eigenvalue weighted by molar-refractivity contribution is -0.138. The Kier molecular flexibility index (Phi) is 4.10. The molecule has 0 fully saturated rings. The normalized spacial score (nSPS) is 11.2. The van der Waals surface area contributed by atoms with Gasteiger partial charge in [0.2, 0.25) is 0 Å². The van der Waals surface area contributed by atoms with E-state index in [-0.39, 0.29) is 17.9 Å². The van der Waals surface area contributed by atoms with Crippen molar-refractivity contribution in [2.75, 3.05) is 19.0 Å². The molecule has 1 N–H and O–H groups in total. The molecular weight excluding hydrogens is 289 g/mol. The fourth-order valence-electron chi connectivity index (χ4n) is 1.65. The van der Waals surface area contributed by atoms with Crippen LogP contribution < -0.4 is 5.32 Å². The van der Waals surface area contributed by atoms with Gasteiger partial charge < -0.3 is 10.1 Å². The Bertz CT molecular complexity index is 626. The number of anilines is 1. The third-order valence-corrected chi connectivity index (χ3v) is 2.63. The van der Waals surface area contributed by atoms with Crippen LogP contribution in [0.3, 0.4) is 0 Å². The van der Waals surface area contributed by atoms with Gasteiger partial charge in [-0.15, -0.1) is 0 Å². The SMILES string of the molecule is COC(=O)CNc1ccc(-n2cncn2)c(C(F)(F)F)c1. The summed E-state index contributed by atoms with van der Waals surface area (Å²) in [6.45, 7) is -0.226. The molecule has 0 aliphatic heterocycles. The van der Waals surface area contributed by atoms with Crippen LogP contribution in [0.15, 0.2) is 30.9 Å². The Morgan fingerprint density at radius 2 is 2.19 bits per heavy atom. The average molecular weight is 300 g/mol. The molecule has 1 heterocycles. The van der Waals surface area contributed by atoms with Crippen molar-refractivity contribution in [1.82, 2.24) is 14.8 Å². The summed E-state index contributed by atoms with van der Waals surface area (Å²) in [6, 6.07) is 3.56. The highest BCUT2D eigenvalue weighted by atomic mass is 19.4. The molecule has 9 heteroatoms. The minimum atomic E-state index is -4.57. The van der Waals surface area contributed by atoms with Crippen molar-refractivity contribution in [2.24, 2.45) is 0 Å². The van der Waals surface area contributed by atoms with Crippen LogP contribution in [0.2, 0.25) is 0 Å². The smallest absolute Gasteiger partial charge is 0.418 e. The Balaban J connectivity index is 2.34. The molecular formula is C12H11F3N4O2. The monoisotopic (exact) mass is 300 g/mol. The van der Waals surface area contributed by atoms with Gasteiger partial charge in [-0.05, 0) is 18.2 Å². The number of halogens is 3. The summed E-state index contributed by atoms with van der Waals surface area (Å²) in [7, 11) is 1.19. The first-order chi connectivity index (χ1) is 9.91. The van der Waals surface area contributed by atoms with Crippen molar-refractivity contribution in [2.45, 2.75) is 6.18 Å². The molecule has 2 aromatic rings. The number of ether oxygens (including phenoxy) is 1. The number of aromatic nitrogens is 3. The zero-order valence-corrected chi connectivity index (χ0v) is 10.9. The van der Waals surface area contributed by atoms with Crippen LogP contribution in [0, 0.1) is 0 Å². The van der Waals surface area contributed by atoms with Crippen LogP contribution in [-0.2, 0) is 15.7 Å². The van der Waals surface area contributed by atoms with E-state index in [4.69, 9.17) is 0 Å². The molecule has 0 spiro atoms. The molecule has 0 radical (unpaired) electrons. The molecule has 6 nitrogen and oxygen atoms in total. The molecule has 0 amide bonds. The zero-order chi connectivity index (χ0) is 15.5. The van der Waals surface area contributed by atoms with Gasteiger partial charge in [-0.25, -0.2) is 9.67 Å². The third-order valence-electron chi connectivity index (χ3n) is 2.63. The number of esters is 1. The molecule has 0 saturated carbocycles. The van der Waals surface area contributed by atoms with E-state index < -0.39 is 17.7 Å². The number of hydrogen-bond acceptors (Lipinski definition) is 5. The number of carbonyl (C=O) groups is 1. The van der Waals surface area contributed by atoms with Crippen LogP contribution in [0.25, 0.3) is 5.69 Å². The number of methoxy groups -OCH3 is 1. The van der Waals surface area contributed by atoms with Gasteiger partial charge in [0.25, 0.3) is 0 Å². The molecule has 2 rings (SSSR count). The van der Waals surface area contributed by atoms with Gasteiger partial charge in [0.1, 0.15) is 19.2 Å². The summed E-state index contributed by atoms with van der Waals surface area (Å²) in [5.41, 5.74) is -0.886. The molecule has 0 atom stereocenters. The van der Waals surface area contributed by atoms with Gasteiger partial charge >= 0.3 is 12.1 Å². The van der Waals surface area contributed by atoms with Crippen LogP contribution in [0.5, 0.6) is 0 Å². The first kappa shape index (κ1) is 14.8. The van der Waals surface area contributed by atoms with Crippen molar-refractivity contribution in [3.63, 3.8) is 0 Å².